The van der Waals surface area contributed by atoms with Gasteiger partial charge in [-0.1, -0.05) is 35.5 Å². The van der Waals surface area contributed by atoms with Crippen LogP contribution in [0.25, 0.3) is 22.9 Å². The van der Waals surface area contributed by atoms with Crippen molar-refractivity contribution >= 4 is 20.6 Å². The second-order valence-electron chi connectivity index (χ2n) is 5.17. The summed E-state index contributed by atoms with van der Waals surface area (Å²) in [5.74, 6) is 1.02. The predicted octanol–water partition coefficient (Wildman–Crippen LogP) is 4.57. The molecule has 114 valence electrons. The van der Waals surface area contributed by atoms with E-state index in [9.17, 15) is 0 Å². The number of oxime groups is 1. The minimum atomic E-state index is -0.0408. The van der Waals surface area contributed by atoms with Crippen molar-refractivity contribution in [2.75, 3.05) is 0 Å². The summed E-state index contributed by atoms with van der Waals surface area (Å²) in [5.41, 5.74) is 2.85. The smallest absolute Gasteiger partial charge is 0.248 e. The Morgan fingerprint density at radius 2 is 1.52 bits per heavy atom. The molecule has 0 N–H and O–H groups in total. The fraction of sp³-hybridized carbons (Fsp3) is 0.118. The number of nitrogens with zero attached hydrogens (tertiary/aromatic N) is 3. The lowest BCUT2D eigenvalue weighted by Gasteiger charge is -2.08. The summed E-state index contributed by atoms with van der Waals surface area (Å²) in [6.45, 7) is 0. The molecule has 1 aromatic heterocycles. The molecule has 4 rings (SSSR count). The van der Waals surface area contributed by atoms with Crippen LogP contribution in [-0.2, 0) is 4.84 Å². The summed E-state index contributed by atoms with van der Waals surface area (Å²) in [7, 11) is 0. The van der Waals surface area contributed by atoms with Crippen molar-refractivity contribution in [3.05, 3.63) is 60.2 Å². The summed E-state index contributed by atoms with van der Waals surface area (Å²) in [5, 5.41) is 12.1. The molecule has 0 fully saturated rings. The fourth-order valence-corrected chi connectivity index (χ4v) is 2.78. The maximum Gasteiger partial charge on any atom is 0.248 e. The van der Waals surface area contributed by atoms with Gasteiger partial charge in [0.2, 0.25) is 11.8 Å². The fourth-order valence-electron chi connectivity index (χ4n) is 2.40. The van der Waals surface area contributed by atoms with E-state index in [4.69, 9.17) is 9.25 Å². The number of hydrogen-bond acceptors (Lipinski definition) is 5. The van der Waals surface area contributed by atoms with Crippen LogP contribution in [0.2, 0.25) is 0 Å². The SMILES string of the molecule is BrC1=NO[C@H](c2ccc(-c3nnc(-c4ccccc4)o3)cc2)C1. The summed E-state index contributed by atoms with van der Waals surface area (Å²) < 4.78 is 6.58. The summed E-state index contributed by atoms with van der Waals surface area (Å²) in [6.07, 6.45) is 0.707. The van der Waals surface area contributed by atoms with Gasteiger partial charge in [-0.3, -0.25) is 0 Å². The highest BCUT2D eigenvalue weighted by atomic mass is 79.9. The van der Waals surface area contributed by atoms with Gasteiger partial charge in [0.25, 0.3) is 0 Å². The second-order valence-corrected chi connectivity index (χ2v) is 6.08. The molecule has 5 nitrogen and oxygen atoms in total. The van der Waals surface area contributed by atoms with E-state index in [0.29, 0.717) is 11.8 Å². The van der Waals surface area contributed by atoms with Gasteiger partial charge in [0.1, 0.15) is 4.62 Å². The van der Waals surface area contributed by atoms with Crippen molar-refractivity contribution in [2.24, 2.45) is 5.16 Å². The molecule has 1 aliphatic heterocycles. The Labute approximate surface area is 141 Å². The van der Waals surface area contributed by atoms with Crippen LogP contribution >= 0.6 is 15.9 Å². The lowest BCUT2D eigenvalue weighted by Crippen LogP contribution is -1.96. The largest absolute Gasteiger partial charge is 0.416 e. The maximum atomic E-state index is 5.75. The molecule has 0 bridgehead atoms. The highest BCUT2D eigenvalue weighted by Crippen LogP contribution is 2.31. The van der Waals surface area contributed by atoms with Crippen molar-refractivity contribution in [1.82, 2.24) is 10.2 Å². The Balaban J connectivity index is 1.56. The molecule has 3 aromatic rings. The third-order valence-electron chi connectivity index (χ3n) is 3.61. The molecular weight excluding hydrogens is 358 g/mol. The Hall–Kier alpha value is -2.47. The van der Waals surface area contributed by atoms with Crippen LogP contribution < -0.4 is 0 Å². The summed E-state index contributed by atoms with van der Waals surface area (Å²) >= 11 is 3.34. The summed E-state index contributed by atoms with van der Waals surface area (Å²) in [4.78, 5) is 5.35. The third-order valence-corrected chi connectivity index (χ3v) is 4.08. The summed E-state index contributed by atoms with van der Waals surface area (Å²) in [6, 6.07) is 17.6. The van der Waals surface area contributed by atoms with E-state index in [2.05, 4.69) is 31.3 Å². The topological polar surface area (TPSA) is 60.5 Å². The van der Waals surface area contributed by atoms with E-state index in [-0.39, 0.29) is 6.10 Å². The zero-order valence-corrected chi connectivity index (χ0v) is 13.6. The molecule has 0 amide bonds. The van der Waals surface area contributed by atoms with Crippen LogP contribution in [0, 0.1) is 0 Å². The molecule has 2 heterocycles. The first kappa shape index (κ1) is 14.1. The van der Waals surface area contributed by atoms with Crippen molar-refractivity contribution in [3.63, 3.8) is 0 Å². The maximum absolute atomic E-state index is 5.75. The molecule has 23 heavy (non-hydrogen) atoms. The number of rotatable bonds is 3. The van der Waals surface area contributed by atoms with Crippen molar-refractivity contribution < 1.29 is 9.25 Å². The van der Waals surface area contributed by atoms with Gasteiger partial charge in [0.15, 0.2) is 6.10 Å². The van der Waals surface area contributed by atoms with Crippen LogP contribution in [-0.4, -0.2) is 14.8 Å². The van der Waals surface area contributed by atoms with E-state index in [1.165, 1.54) is 0 Å². The zero-order valence-electron chi connectivity index (χ0n) is 12.0. The van der Waals surface area contributed by atoms with Gasteiger partial charge in [-0.05, 0) is 45.8 Å². The predicted molar refractivity (Wildman–Crippen MR) is 90.0 cm³/mol. The molecule has 0 saturated carbocycles. The number of benzene rings is 2. The van der Waals surface area contributed by atoms with Gasteiger partial charge >= 0.3 is 0 Å². The lowest BCUT2D eigenvalue weighted by molar-refractivity contribution is 0.0858. The molecule has 0 aliphatic carbocycles. The number of aromatic nitrogens is 2. The highest BCUT2D eigenvalue weighted by molar-refractivity contribution is 9.18. The molecule has 0 saturated heterocycles. The standard InChI is InChI=1S/C17H12BrN3O2/c18-15-10-14(23-21-15)11-6-8-13(9-7-11)17-20-19-16(22-17)12-4-2-1-3-5-12/h1-9,14H,10H2/t14-/m0/s1. The van der Waals surface area contributed by atoms with E-state index in [1.54, 1.807) is 0 Å². The molecule has 1 aliphatic rings. The molecule has 2 aromatic carbocycles. The van der Waals surface area contributed by atoms with E-state index in [1.807, 2.05) is 54.6 Å². The van der Waals surface area contributed by atoms with Gasteiger partial charge in [-0.15, -0.1) is 10.2 Å². The van der Waals surface area contributed by atoms with Crippen LogP contribution in [0.1, 0.15) is 18.1 Å². The Kier molecular flexibility index (Phi) is 3.67. The first-order chi connectivity index (χ1) is 11.3. The molecule has 0 unspecified atom stereocenters. The molecule has 1 atom stereocenters. The van der Waals surface area contributed by atoms with Gasteiger partial charge < -0.3 is 9.25 Å². The van der Waals surface area contributed by atoms with Gasteiger partial charge in [-0.25, -0.2) is 0 Å². The van der Waals surface area contributed by atoms with Crippen LogP contribution in [0.5, 0.6) is 0 Å². The quantitative estimate of drug-likeness (QED) is 0.678. The second kappa shape index (κ2) is 5.96. The third kappa shape index (κ3) is 2.90. The normalized spacial score (nSPS) is 16.9. The lowest BCUT2D eigenvalue weighted by atomic mass is 10.1. The first-order valence-electron chi connectivity index (χ1n) is 7.17. The Morgan fingerprint density at radius 1 is 0.870 bits per heavy atom. The van der Waals surface area contributed by atoms with Crippen LogP contribution in [0.3, 0.4) is 0 Å². The van der Waals surface area contributed by atoms with Crippen LogP contribution in [0.15, 0.2) is 64.2 Å². The average molecular weight is 370 g/mol. The first-order valence-corrected chi connectivity index (χ1v) is 7.96. The van der Waals surface area contributed by atoms with E-state index < -0.39 is 0 Å². The molecular formula is C17H12BrN3O2. The van der Waals surface area contributed by atoms with Gasteiger partial charge in [0, 0.05) is 17.5 Å². The highest BCUT2D eigenvalue weighted by Gasteiger charge is 2.21. The number of halogens is 1. The van der Waals surface area contributed by atoms with E-state index >= 15 is 0 Å². The molecule has 0 radical (unpaired) electrons. The van der Waals surface area contributed by atoms with Crippen LogP contribution in [0.4, 0.5) is 0 Å². The molecule has 6 heteroatoms. The van der Waals surface area contributed by atoms with Gasteiger partial charge in [0.05, 0.1) is 0 Å². The minimum absolute atomic E-state index is 0.0408. The molecule has 0 spiro atoms. The zero-order chi connectivity index (χ0) is 15.6. The Bertz CT molecular complexity index is 844. The number of hydrogen-bond donors (Lipinski definition) is 0. The van der Waals surface area contributed by atoms with Crippen molar-refractivity contribution in [3.8, 4) is 22.9 Å². The van der Waals surface area contributed by atoms with Gasteiger partial charge in [-0.2, -0.15) is 0 Å². The van der Waals surface area contributed by atoms with E-state index in [0.717, 1.165) is 27.7 Å². The Morgan fingerprint density at radius 3 is 2.13 bits per heavy atom. The minimum Gasteiger partial charge on any atom is -0.416 e. The van der Waals surface area contributed by atoms with Crippen molar-refractivity contribution in [2.45, 2.75) is 12.5 Å². The van der Waals surface area contributed by atoms with Crippen molar-refractivity contribution in [1.29, 1.82) is 0 Å². The monoisotopic (exact) mass is 369 g/mol. The average Bonchev–Trinajstić information content (AvgIpc) is 3.25.